The summed E-state index contributed by atoms with van der Waals surface area (Å²) in [7, 11) is 1.70. The van der Waals surface area contributed by atoms with Crippen molar-refractivity contribution >= 4 is 29.9 Å². The molecular formula is C18H25F3IN3O2. The molecule has 5 nitrogen and oxygen atoms in total. The monoisotopic (exact) mass is 499 g/mol. The molecule has 0 spiro atoms. The van der Waals surface area contributed by atoms with Crippen molar-refractivity contribution in [2.24, 2.45) is 4.99 Å². The molecule has 0 saturated carbocycles. The van der Waals surface area contributed by atoms with Crippen LogP contribution in [0.1, 0.15) is 24.0 Å². The van der Waals surface area contributed by atoms with Crippen LogP contribution >= 0.6 is 24.0 Å². The van der Waals surface area contributed by atoms with Gasteiger partial charge in [-0.1, -0.05) is 12.1 Å². The summed E-state index contributed by atoms with van der Waals surface area (Å²) in [6, 6.07) is 5.17. The number of nitrogens with zero attached hydrogens (tertiary/aromatic N) is 2. The molecule has 1 aromatic carbocycles. The Kier molecular flexibility index (Phi) is 8.17. The van der Waals surface area contributed by atoms with Crippen LogP contribution in [0, 0.1) is 0 Å². The van der Waals surface area contributed by atoms with E-state index < -0.39 is 11.7 Å². The molecule has 0 radical (unpaired) electrons. The first kappa shape index (κ1) is 22.2. The summed E-state index contributed by atoms with van der Waals surface area (Å²) in [5.74, 6) is 0.719. The normalized spacial score (nSPS) is 23.9. The maximum absolute atomic E-state index is 12.6. The van der Waals surface area contributed by atoms with Crippen LogP contribution in [-0.4, -0.2) is 56.4 Å². The van der Waals surface area contributed by atoms with Crippen molar-refractivity contribution in [1.29, 1.82) is 0 Å². The molecule has 2 heterocycles. The van der Waals surface area contributed by atoms with Crippen LogP contribution in [0.15, 0.2) is 29.3 Å². The third-order valence-electron chi connectivity index (χ3n) is 4.72. The number of alkyl halides is 3. The number of benzene rings is 1. The smallest absolute Gasteiger partial charge is 0.375 e. The Morgan fingerprint density at radius 2 is 1.89 bits per heavy atom. The standard InChI is InChI=1S/C18H24F3N3O2.HI/c1-22-17(23-11-13-4-6-14(7-5-13)18(19,20)21)24-8-10-26-16(12-24)15-3-2-9-25-15;/h4-7,15-16H,2-3,8-12H2,1H3,(H,22,23);1H. The van der Waals surface area contributed by atoms with Gasteiger partial charge in [0.15, 0.2) is 5.96 Å². The summed E-state index contributed by atoms with van der Waals surface area (Å²) in [5.41, 5.74) is 0.126. The van der Waals surface area contributed by atoms with Crippen molar-refractivity contribution in [3.63, 3.8) is 0 Å². The lowest BCUT2D eigenvalue weighted by molar-refractivity contribution is -0.137. The van der Waals surface area contributed by atoms with E-state index in [0.717, 1.165) is 49.6 Å². The quantitative estimate of drug-likeness (QED) is 0.394. The Hall–Kier alpha value is -1.07. The molecule has 3 rings (SSSR count). The predicted octanol–water partition coefficient (Wildman–Crippen LogP) is 3.28. The lowest BCUT2D eigenvalue weighted by atomic mass is 10.1. The highest BCUT2D eigenvalue weighted by molar-refractivity contribution is 14.0. The Labute approximate surface area is 174 Å². The molecule has 2 unspecified atom stereocenters. The number of halogens is 4. The van der Waals surface area contributed by atoms with E-state index in [-0.39, 0.29) is 36.2 Å². The number of aliphatic imine (C=N–C) groups is 1. The van der Waals surface area contributed by atoms with Gasteiger partial charge < -0.3 is 19.7 Å². The van der Waals surface area contributed by atoms with Gasteiger partial charge in [-0.25, -0.2) is 0 Å². The fraction of sp³-hybridized carbons (Fsp3) is 0.611. The molecule has 2 aliphatic rings. The lowest BCUT2D eigenvalue weighted by Gasteiger charge is -2.37. The molecule has 0 bridgehead atoms. The first-order valence-electron chi connectivity index (χ1n) is 8.82. The van der Waals surface area contributed by atoms with E-state index in [1.807, 2.05) is 0 Å². The number of morpholine rings is 1. The van der Waals surface area contributed by atoms with E-state index >= 15 is 0 Å². The number of nitrogens with one attached hydrogen (secondary N) is 1. The van der Waals surface area contributed by atoms with Gasteiger partial charge in [-0.05, 0) is 30.5 Å². The molecule has 2 fully saturated rings. The highest BCUT2D eigenvalue weighted by Gasteiger charge is 2.32. The zero-order valence-electron chi connectivity index (χ0n) is 15.2. The molecular weight excluding hydrogens is 474 g/mol. The van der Waals surface area contributed by atoms with Gasteiger partial charge in [0, 0.05) is 33.3 Å². The van der Waals surface area contributed by atoms with E-state index in [9.17, 15) is 13.2 Å². The summed E-state index contributed by atoms with van der Waals surface area (Å²) in [4.78, 5) is 6.41. The second-order valence-corrected chi connectivity index (χ2v) is 6.50. The summed E-state index contributed by atoms with van der Waals surface area (Å²) >= 11 is 0. The van der Waals surface area contributed by atoms with Gasteiger partial charge in [-0.2, -0.15) is 13.2 Å². The van der Waals surface area contributed by atoms with Gasteiger partial charge in [0.1, 0.15) is 6.10 Å². The van der Waals surface area contributed by atoms with Crippen LogP contribution in [0.5, 0.6) is 0 Å². The zero-order chi connectivity index (χ0) is 18.6. The zero-order valence-corrected chi connectivity index (χ0v) is 17.5. The number of hydrogen-bond acceptors (Lipinski definition) is 3. The number of rotatable bonds is 3. The average Bonchev–Trinajstić information content (AvgIpc) is 3.17. The van der Waals surface area contributed by atoms with Crippen molar-refractivity contribution in [1.82, 2.24) is 10.2 Å². The molecule has 2 aliphatic heterocycles. The topological polar surface area (TPSA) is 46.1 Å². The van der Waals surface area contributed by atoms with Gasteiger partial charge >= 0.3 is 6.18 Å². The molecule has 2 saturated heterocycles. The van der Waals surface area contributed by atoms with Crippen molar-refractivity contribution in [3.8, 4) is 0 Å². The Morgan fingerprint density at radius 1 is 1.19 bits per heavy atom. The molecule has 1 N–H and O–H groups in total. The molecule has 27 heavy (non-hydrogen) atoms. The van der Waals surface area contributed by atoms with Crippen LogP contribution in [0.2, 0.25) is 0 Å². The lowest BCUT2D eigenvalue weighted by Crippen LogP contribution is -2.53. The Bertz CT molecular complexity index is 619. The van der Waals surface area contributed by atoms with Gasteiger partial charge in [0.05, 0.1) is 18.3 Å². The summed E-state index contributed by atoms with van der Waals surface area (Å²) < 4.78 is 49.5. The molecule has 0 aromatic heterocycles. The number of hydrogen-bond donors (Lipinski definition) is 1. The van der Waals surface area contributed by atoms with Gasteiger partial charge in [0.25, 0.3) is 0 Å². The second kappa shape index (κ2) is 9.92. The van der Waals surface area contributed by atoms with E-state index in [4.69, 9.17) is 9.47 Å². The minimum absolute atomic E-state index is 0. The van der Waals surface area contributed by atoms with E-state index in [1.54, 1.807) is 7.05 Å². The highest BCUT2D eigenvalue weighted by Crippen LogP contribution is 2.29. The van der Waals surface area contributed by atoms with Crippen LogP contribution in [0.3, 0.4) is 0 Å². The van der Waals surface area contributed by atoms with Crippen LogP contribution in [0.4, 0.5) is 13.2 Å². The van der Waals surface area contributed by atoms with Crippen molar-refractivity contribution < 1.29 is 22.6 Å². The van der Waals surface area contributed by atoms with Crippen LogP contribution < -0.4 is 5.32 Å². The fourth-order valence-electron chi connectivity index (χ4n) is 3.31. The van der Waals surface area contributed by atoms with Crippen molar-refractivity contribution in [2.75, 3.05) is 33.4 Å². The molecule has 0 aliphatic carbocycles. The first-order valence-corrected chi connectivity index (χ1v) is 8.82. The van der Waals surface area contributed by atoms with Gasteiger partial charge in [0.2, 0.25) is 0 Å². The minimum Gasteiger partial charge on any atom is -0.375 e. The SMILES string of the molecule is CN=C(NCc1ccc(C(F)(F)F)cc1)N1CCOC(C2CCCO2)C1.I. The molecule has 2 atom stereocenters. The predicted molar refractivity (Wildman–Crippen MR) is 107 cm³/mol. The second-order valence-electron chi connectivity index (χ2n) is 6.50. The third kappa shape index (κ3) is 5.95. The summed E-state index contributed by atoms with van der Waals surface area (Å²) in [6.45, 7) is 3.21. The molecule has 152 valence electrons. The summed E-state index contributed by atoms with van der Waals surface area (Å²) in [5, 5.41) is 3.22. The third-order valence-corrected chi connectivity index (χ3v) is 4.72. The van der Waals surface area contributed by atoms with Gasteiger partial charge in [-0.15, -0.1) is 24.0 Å². The van der Waals surface area contributed by atoms with Crippen molar-refractivity contribution in [2.45, 2.75) is 37.8 Å². The maximum atomic E-state index is 12.6. The van der Waals surface area contributed by atoms with E-state index in [2.05, 4.69) is 15.2 Å². The fourth-order valence-corrected chi connectivity index (χ4v) is 3.31. The number of ether oxygens (including phenoxy) is 2. The van der Waals surface area contributed by atoms with E-state index in [1.165, 1.54) is 12.1 Å². The van der Waals surface area contributed by atoms with Crippen LogP contribution in [-0.2, 0) is 22.2 Å². The Balaban J connectivity index is 0.00000261. The maximum Gasteiger partial charge on any atom is 0.416 e. The first-order chi connectivity index (χ1) is 12.5. The molecule has 1 aromatic rings. The van der Waals surface area contributed by atoms with Crippen LogP contribution in [0.25, 0.3) is 0 Å². The largest absolute Gasteiger partial charge is 0.416 e. The van der Waals surface area contributed by atoms with Gasteiger partial charge in [-0.3, -0.25) is 4.99 Å². The van der Waals surface area contributed by atoms with E-state index in [0.29, 0.717) is 19.7 Å². The summed E-state index contributed by atoms with van der Waals surface area (Å²) in [6.07, 6.45) is -2.09. The average molecular weight is 499 g/mol. The molecule has 0 amide bonds. The minimum atomic E-state index is -4.31. The van der Waals surface area contributed by atoms with Crippen molar-refractivity contribution in [3.05, 3.63) is 35.4 Å². The molecule has 9 heteroatoms. The Morgan fingerprint density at radius 3 is 2.48 bits per heavy atom. The number of guanidine groups is 1. The highest BCUT2D eigenvalue weighted by atomic mass is 127.